The van der Waals surface area contributed by atoms with E-state index in [-0.39, 0.29) is 28.6 Å². The van der Waals surface area contributed by atoms with Crippen LogP contribution in [-0.4, -0.2) is 37.5 Å². The van der Waals surface area contributed by atoms with Crippen LogP contribution in [0.25, 0.3) is 0 Å². The van der Waals surface area contributed by atoms with E-state index >= 15 is 0 Å². The normalized spacial score (nSPS) is 29.3. The number of carbonyl (C=O) groups is 2. The largest absolute Gasteiger partial charge is 0.381 e. The fraction of sp³-hybridized carbons (Fsp3) is 0.900. The lowest BCUT2D eigenvalue weighted by molar-refractivity contribution is -0.145. The summed E-state index contributed by atoms with van der Waals surface area (Å²) in [5.41, 5.74) is -0.700. The van der Waals surface area contributed by atoms with Crippen LogP contribution in [0, 0.1) is 22.7 Å². The highest BCUT2D eigenvalue weighted by molar-refractivity contribution is 5.88. The second-order valence-electron chi connectivity index (χ2n) is 9.25. The van der Waals surface area contributed by atoms with E-state index in [0.29, 0.717) is 24.9 Å². The summed E-state index contributed by atoms with van der Waals surface area (Å²) in [6.07, 6.45) is 4.23. The number of ketones is 2. The van der Waals surface area contributed by atoms with Crippen LogP contribution in [0.15, 0.2) is 0 Å². The van der Waals surface area contributed by atoms with Gasteiger partial charge in [-0.15, -0.1) is 0 Å². The predicted molar refractivity (Wildman–Crippen MR) is 93.9 cm³/mol. The van der Waals surface area contributed by atoms with Crippen LogP contribution in [0.5, 0.6) is 0 Å². The first kappa shape index (κ1) is 19.6. The molecule has 138 valence electrons. The number of ether oxygens (including phenoxy) is 2. The Bertz CT molecular complexity index is 447. The summed E-state index contributed by atoms with van der Waals surface area (Å²) in [5, 5.41) is 0. The van der Waals surface area contributed by atoms with E-state index in [1.165, 1.54) is 0 Å². The van der Waals surface area contributed by atoms with Gasteiger partial charge < -0.3 is 9.47 Å². The van der Waals surface area contributed by atoms with E-state index < -0.39 is 0 Å². The SMILES string of the molecule is CC(C)(C)C(=O)C1CCC(CC(C)(C)C(=O)C2CCCOC2)CO1. The van der Waals surface area contributed by atoms with Crippen LogP contribution in [0.4, 0.5) is 0 Å². The van der Waals surface area contributed by atoms with Crippen molar-refractivity contribution in [2.75, 3.05) is 19.8 Å². The summed E-state index contributed by atoms with van der Waals surface area (Å²) in [6, 6.07) is 0. The zero-order valence-electron chi connectivity index (χ0n) is 16.0. The molecular weight excluding hydrogens is 304 g/mol. The number of rotatable bonds is 5. The van der Waals surface area contributed by atoms with Crippen LogP contribution in [0.1, 0.15) is 66.7 Å². The van der Waals surface area contributed by atoms with Crippen molar-refractivity contribution >= 4 is 11.6 Å². The molecule has 0 N–H and O–H groups in total. The number of carbonyl (C=O) groups excluding carboxylic acids is 2. The fourth-order valence-corrected chi connectivity index (χ4v) is 3.98. The van der Waals surface area contributed by atoms with Gasteiger partial charge in [-0.25, -0.2) is 0 Å². The summed E-state index contributed by atoms with van der Waals surface area (Å²) in [4.78, 5) is 25.2. The minimum absolute atomic E-state index is 0.0495. The zero-order valence-corrected chi connectivity index (χ0v) is 16.0. The number of hydrogen-bond donors (Lipinski definition) is 0. The topological polar surface area (TPSA) is 52.6 Å². The van der Waals surface area contributed by atoms with Gasteiger partial charge in [0.1, 0.15) is 11.9 Å². The first-order valence-electron chi connectivity index (χ1n) is 9.39. The standard InChI is InChI=1S/C20H34O4/c1-19(2,3)18(22)16-9-8-14(12-24-16)11-20(4,5)17(21)15-7-6-10-23-13-15/h14-16H,6-13H2,1-5H3. The number of hydrogen-bond acceptors (Lipinski definition) is 4. The van der Waals surface area contributed by atoms with E-state index in [0.717, 1.165) is 38.7 Å². The molecule has 2 aliphatic heterocycles. The quantitative estimate of drug-likeness (QED) is 0.765. The maximum atomic E-state index is 12.8. The summed E-state index contributed by atoms with van der Waals surface area (Å²) in [5.74, 6) is 0.927. The first-order chi connectivity index (χ1) is 11.1. The minimum Gasteiger partial charge on any atom is -0.381 e. The van der Waals surface area contributed by atoms with E-state index in [1.807, 2.05) is 20.8 Å². The van der Waals surface area contributed by atoms with Gasteiger partial charge in [-0.1, -0.05) is 34.6 Å². The Morgan fingerprint density at radius 3 is 2.17 bits per heavy atom. The molecule has 0 aromatic carbocycles. The highest BCUT2D eigenvalue weighted by atomic mass is 16.5. The average Bonchev–Trinajstić information content (AvgIpc) is 2.54. The van der Waals surface area contributed by atoms with E-state index in [2.05, 4.69) is 13.8 Å². The molecule has 4 nitrogen and oxygen atoms in total. The highest BCUT2D eigenvalue weighted by Gasteiger charge is 2.39. The monoisotopic (exact) mass is 338 g/mol. The highest BCUT2D eigenvalue weighted by Crippen LogP contribution is 2.36. The molecule has 2 saturated heterocycles. The van der Waals surface area contributed by atoms with Gasteiger partial charge in [-0.2, -0.15) is 0 Å². The Hall–Kier alpha value is -0.740. The van der Waals surface area contributed by atoms with Crippen molar-refractivity contribution < 1.29 is 19.1 Å². The summed E-state index contributed by atoms with van der Waals surface area (Å²) >= 11 is 0. The molecule has 0 bridgehead atoms. The van der Waals surface area contributed by atoms with Crippen LogP contribution >= 0.6 is 0 Å². The molecule has 0 aliphatic carbocycles. The van der Waals surface area contributed by atoms with Gasteiger partial charge >= 0.3 is 0 Å². The first-order valence-corrected chi connectivity index (χ1v) is 9.39. The lowest BCUT2D eigenvalue weighted by Crippen LogP contribution is -2.41. The van der Waals surface area contributed by atoms with Crippen molar-refractivity contribution in [2.24, 2.45) is 22.7 Å². The van der Waals surface area contributed by atoms with E-state index in [4.69, 9.17) is 9.47 Å². The molecule has 3 unspecified atom stereocenters. The molecule has 3 atom stereocenters. The van der Waals surface area contributed by atoms with Crippen LogP contribution in [-0.2, 0) is 19.1 Å². The summed E-state index contributed by atoms with van der Waals surface area (Å²) in [7, 11) is 0. The Kier molecular flexibility index (Phi) is 6.24. The van der Waals surface area contributed by atoms with Gasteiger partial charge in [-0.3, -0.25) is 9.59 Å². The molecule has 0 radical (unpaired) electrons. The maximum Gasteiger partial charge on any atom is 0.166 e. The lowest BCUT2D eigenvalue weighted by Gasteiger charge is -2.36. The van der Waals surface area contributed by atoms with Crippen LogP contribution < -0.4 is 0 Å². The average molecular weight is 338 g/mol. The molecule has 0 saturated carbocycles. The van der Waals surface area contributed by atoms with Crippen molar-refractivity contribution in [3.05, 3.63) is 0 Å². The predicted octanol–water partition coefficient (Wildman–Crippen LogP) is 3.81. The molecule has 0 aromatic heterocycles. The van der Waals surface area contributed by atoms with Gasteiger partial charge in [-0.05, 0) is 38.0 Å². The van der Waals surface area contributed by atoms with Crippen molar-refractivity contribution in [3.63, 3.8) is 0 Å². The summed E-state index contributed by atoms with van der Waals surface area (Å²) in [6.45, 7) is 11.9. The van der Waals surface area contributed by atoms with Gasteiger partial charge in [0.25, 0.3) is 0 Å². The van der Waals surface area contributed by atoms with Crippen molar-refractivity contribution in [1.82, 2.24) is 0 Å². The summed E-state index contributed by atoms with van der Waals surface area (Å²) < 4.78 is 11.3. The van der Waals surface area contributed by atoms with Crippen LogP contribution in [0.2, 0.25) is 0 Å². The van der Waals surface area contributed by atoms with Gasteiger partial charge in [0.15, 0.2) is 5.78 Å². The molecular formula is C20H34O4. The van der Waals surface area contributed by atoms with Crippen molar-refractivity contribution in [3.8, 4) is 0 Å². The smallest absolute Gasteiger partial charge is 0.166 e. The minimum atomic E-state index is -0.353. The van der Waals surface area contributed by atoms with Crippen molar-refractivity contribution in [1.29, 1.82) is 0 Å². The second kappa shape index (κ2) is 7.65. The Morgan fingerprint density at radius 2 is 1.67 bits per heavy atom. The van der Waals surface area contributed by atoms with E-state index in [9.17, 15) is 9.59 Å². The molecule has 0 amide bonds. The third kappa shape index (κ3) is 4.89. The van der Waals surface area contributed by atoms with Gasteiger partial charge in [0.05, 0.1) is 13.2 Å². The van der Waals surface area contributed by atoms with Gasteiger partial charge in [0.2, 0.25) is 0 Å². The molecule has 24 heavy (non-hydrogen) atoms. The molecule has 0 spiro atoms. The third-order valence-electron chi connectivity index (χ3n) is 5.40. The van der Waals surface area contributed by atoms with E-state index in [1.54, 1.807) is 0 Å². The second-order valence-corrected chi connectivity index (χ2v) is 9.25. The molecule has 2 fully saturated rings. The van der Waals surface area contributed by atoms with Crippen molar-refractivity contribution in [2.45, 2.75) is 72.8 Å². The molecule has 0 aromatic rings. The molecule has 4 heteroatoms. The molecule has 2 aliphatic rings. The Labute approximate surface area is 146 Å². The van der Waals surface area contributed by atoms with Gasteiger partial charge in [0, 0.05) is 23.4 Å². The number of Topliss-reactive ketones (excluding diaryl/α,β-unsaturated/α-hetero) is 2. The Balaban J connectivity index is 1.86. The Morgan fingerprint density at radius 1 is 0.958 bits per heavy atom. The third-order valence-corrected chi connectivity index (χ3v) is 5.40. The zero-order chi connectivity index (χ0) is 18.0. The lowest BCUT2D eigenvalue weighted by atomic mass is 9.72. The molecule has 2 heterocycles. The van der Waals surface area contributed by atoms with Crippen LogP contribution in [0.3, 0.4) is 0 Å². The fourth-order valence-electron chi connectivity index (χ4n) is 3.98. The maximum absolute atomic E-state index is 12.8. The molecule has 2 rings (SSSR count).